The Morgan fingerprint density at radius 1 is 0.327 bits per heavy atom. The second-order valence-electron chi connectivity index (χ2n) is 13.2. The van der Waals surface area contributed by atoms with Gasteiger partial charge in [0.15, 0.2) is 0 Å². The summed E-state index contributed by atoms with van der Waals surface area (Å²) < 4.78 is 0. The zero-order chi connectivity index (χ0) is 32.7. The highest BCUT2D eigenvalue weighted by Gasteiger charge is 2.26. The molecular weight excluding hydrogens is 589 g/mol. The molecule has 0 bridgehead atoms. The molecule has 0 heteroatoms. The zero-order valence-corrected chi connectivity index (χ0v) is 27.5. The van der Waals surface area contributed by atoms with Crippen LogP contribution in [0.3, 0.4) is 0 Å². The summed E-state index contributed by atoms with van der Waals surface area (Å²) in [5.41, 5.74) is 8.81. The molecule has 1 radical (unpaired) electrons. The van der Waals surface area contributed by atoms with Gasteiger partial charge < -0.3 is 0 Å². The van der Waals surface area contributed by atoms with Crippen LogP contribution in [0.2, 0.25) is 0 Å². The normalized spacial score (nSPS) is 11.7. The lowest BCUT2D eigenvalue weighted by Gasteiger charge is -2.26. The number of rotatable bonds is 6. The standard InChI is InChI=1S/C49H35/c1-33-30-38(48(44-26-10-18-34-14-2-6-22-40(34)44)45-27-11-19-35-15-3-7-23-41(35)45)32-39(31-33)49(46-28-12-20-36-16-4-8-24-42(36)46)47-29-13-21-37-17-5-9-25-43(37)47/h2-31,48-49H,1H3. The summed E-state index contributed by atoms with van der Waals surface area (Å²) in [7, 11) is 0. The van der Waals surface area contributed by atoms with Gasteiger partial charge in [0.2, 0.25) is 0 Å². The lowest BCUT2D eigenvalue weighted by atomic mass is 9.76. The topological polar surface area (TPSA) is 0 Å². The van der Waals surface area contributed by atoms with Gasteiger partial charge in [0, 0.05) is 11.8 Å². The van der Waals surface area contributed by atoms with Crippen molar-refractivity contribution in [3.05, 3.63) is 227 Å². The Morgan fingerprint density at radius 2 is 0.592 bits per heavy atom. The molecule has 9 rings (SSSR count). The van der Waals surface area contributed by atoms with E-state index in [0.29, 0.717) is 0 Å². The zero-order valence-electron chi connectivity index (χ0n) is 27.5. The highest BCUT2D eigenvalue weighted by Crippen LogP contribution is 2.43. The largest absolute Gasteiger partial charge is 0.0616 e. The molecule has 0 heterocycles. The van der Waals surface area contributed by atoms with Gasteiger partial charge >= 0.3 is 0 Å². The van der Waals surface area contributed by atoms with E-state index in [-0.39, 0.29) is 11.8 Å². The first kappa shape index (κ1) is 29.2. The Kier molecular flexibility index (Phi) is 7.29. The highest BCUT2D eigenvalue weighted by atomic mass is 14.3. The lowest BCUT2D eigenvalue weighted by molar-refractivity contribution is 0.951. The quantitative estimate of drug-likeness (QED) is 0.162. The van der Waals surface area contributed by atoms with E-state index >= 15 is 0 Å². The van der Waals surface area contributed by atoms with E-state index in [1.165, 1.54) is 82.0 Å². The molecular formula is C49H35. The van der Waals surface area contributed by atoms with E-state index in [1.807, 2.05) is 0 Å². The van der Waals surface area contributed by atoms with Crippen LogP contribution in [0, 0.1) is 13.0 Å². The molecule has 0 aromatic heterocycles. The van der Waals surface area contributed by atoms with Crippen molar-refractivity contribution < 1.29 is 0 Å². The van der Waals surface area contributed by atoms with E-state index in [1.54, 1.807) is 0 Å². The molecule has 0 saturated heterocycles. The Morgan fingerprint density at radius 3 is 0.898 bits per heavy atom. The minimum Gasteiger partial charge on any atom is -0.0616 e. The van der Waals surface area contributed by atoms with E-state index in [2.05, 4.69) is 195 Å². The van der Waals surface area contributed by atoms with Crippen LogP contribution >= 0.6 is 0 Å². The maximum atomic E-state index is 4.14. The van der Waals surface area contributed by atoms with Crippen LogP contribution < -0.4 is 0 Å². The number of aryl methyl sites for hydroxylation is 1. The molecule has 0 aliphatic carbocycles. The van der Waals surface area contributed by atoms with Gasteiger partial charge in [-0.25, -0.2) is 0 Å². The molecule has 0 aliphatic rings. The number of hydrogen-bond donors (Lipinski definition) is 0. The first-order chi connectivity index (χ1) is 24.2. The van der Waals surface area contributed by atoms with Crippen LogP contribution in [0.25, 0.3) is 43.1 Å². The molecule has 0 atom stereocenters. The van der Waals surface area contributed by atoms with Crippen molar-refractivity contribution in [2.45, 2.75) is 18.8 Å². The van der Waals surface area contributed by atoms with E-state index in [4.69, 9.17) is 0 Å². The monoisotopic (exact) mass is 623 g/mol. The first-order valence-electron chi connectivity index (χ1n) is 17.2. The smallest absolute Gasteiger partial charge is 0.0358 e. The molecule has 0 amide bonds. The Hall–Kier alpha value is -5.98. The highest BCUT2D eigenvalue weighted by molar-refractivity contribution is 5.93. The van der Waals surface area contributed by atoms with Crippen molar-refractivity contribution in [2.24, 2.45) is 0 Å². The van der Waals surface area contributed by atoms with E-state index < -0.39 is 0 Å². The fourth-order valence-corrected chi connectivity index (χ4v) is 8.10. The summed E-state index contributed by atoms with van der Waals surface area (Å²) in [6.07, 6.45) is 0. The van der Waals surface area contributed by atoms with Crippen molar-refractivity contribution >= 4 is 43.1 Å². The molecule has 0 aliphatic heterocycles. The van der Waals surface area contributed by atoms with Crippen molar-refractivity contribution in [3.8, 4) is 0 Å². The summed E-state index contributed by atoms with van der Waals surface area (Å²) in [6.45, 7) is 2.24. The van der Waals surface area contributed by atoms with E-state index in [9.17, 15) is 0 Å². The lowest BCUT2D eigenvalue weighted by Crippen LogP contribution is -2.10. The molecule has 0 nitrogen and oxygen atoms in total. The van der Waals surface area contributed by atoms with Gasteiger partial charge in [-0.1, -0.05) is 188 Å². The SMILES string of the molecule is Cc1cc(C(c2cccc3ccccc23)c2cccc3ccccc23)[c]c(C(c2cccc3ccccc23)c2cccc3ccccc23)c1. The third kappa shape index (κ3) is 5.18. The fourth-order valence-electron chi connectivity index (χ4n) is 8.10. The van der Waals surface area contributed by atoms with E-state index in [0.717, 1.165) is 0 Å². The predicted octanol–water partition coefficient (Wildman–Crippen LogP) is 12.8. The van der Waals surface area contributed by atoms with Crippen molar-refractivity contribution in [3.63, 3.8) is 0 Å². The molecule has 0 saturated carbocycles. The molecule has 231 valence electrons. The van der Waals surface area contributed by atoms with Gasteiger partial charge in [-0.15, -0.1) is 0 Å². The van der Waals surface area contributed by atoms with Gasteiger partial charge in [-0.3, -0.25) is 0 Å². The second-order valence-corrected chi connectivity index (χ2v) is 13.2. The van der Waals surface area contributed by atoms with Crippen molar-refractivity contribution in [2.75, 3.05) is 0 Å². The molecule has 0 N–H and O–H groups in total. The minimum atomic E-state index is -0.0171. The predicted molar refractivity (Wildman–Crippen MR) is 208 cm³/mol. The maximum Gasteiger partial charge on any atom is 0.0358 e. The van der Waals surface area contributed by atoms with Gasteiger partial charge in [-0.2, -0.15) is 0 Å². The molecule has 0 fully saturated rings. The molecule has 0 spiro atoms. The first-order valence-corrected chi connectivity index (χ1v) is 17.2. The summed E-state index contributed by atoms with van der Waals surface area (Å²) in [5, 5.41) is 10.1. The third-order valence-corrected chi connectivity index (χ3v) is 10.2. The van der Waals surface area contributed by atoms with Crippen LogP contribution in [-0.4, -0.2) is 0 Å². The van der Waals surface area contributed by atoms with Gasteiger partial charge in [0.05, 0.1) is 0 Å². The van der Waals surface area contributed by atoms with Gasteiger partial charge in [-0.05, 0) is 89.5 Å². The summed E-state index contributed by atoms with van der Waals surface area (Å²) in [5.74, 6) is -0.0342. The second kappa shape index (κ2) is 12.2. The van der Waals surface area contributed by atoms with Gasteiger partial charge in [0.1, 0.15) is 0 Å². The summed E-state index contributed by atoms with van der Waals surface area (Å²) >= 11 is 0. The number of fused-ring (bicyclic) bond motifs is 4. The van der Waals surface area contributed by atoms with Crippen LogP contribution in [0.4, 0.5) is 0 Å². The Balaban J connectivity index is 1.35. The van der Waals surface area contributed by atoms with Crippen molar-refractivity contribution in [1.29, 1.82) is 0 Å². The summed E-state index contributed by atoms with van der Waals surface area (Å²) in [4.78, 5) is 0. The average Bonchev–Trinajstić information content (AvgIpc) is 3.15. The molecule has 9 aromatic rings. The third-order valence-electron chi connectivity index (χ3n) is 10.2. The fraction of sp³-hybridized carbons (Fsp3) is 0.0612. The number of benzene rings is 9. The summed E-state index contributed by atoms with van der Waals surface area (Å²) in [6, 6.07) is 71.0. The van der Waals surface area contributed by atoms with Crippen LogP contribution in [0.1, 0.15) is 50.8 Å². The van der Waals surface area contributed by atoms with Gasteiger partial charge in [0.25, 0.3) is 0 Å². The average molecular weight is 624 g/mol. The van der Waals surface area contributed by atoms with Crippen LogP contribution in [-0.2, 0) is 0 Å². The Labute approximate surface area is 287 Å². The minimum absolute atomic E-state index is 0.0171. The molecule has 9 aromatic carbocycles. The molecule has 49 heavy (non-hydrogen) atoms. The van der Waals surface area contributed by atoms with Crippen LogP contribution in [0.5, 0.6) is 0 Å². The van der Waals surface area contributed by atoms with Crippen molar-refractivity contribution in [1.82, 2.24) is 0 Å². The maximum absolute atomic E-state index is 4.14. The molecule has 0 unspecified atom stereocenters. The Bertz CT molecular complexity index is 2280. The number of hydrogen-bond acceptors (Lipinski definition) is 0. The van der Waals surface area contributed by atoms with Crippen LogP contribution in [0.15, 0.2) is 182 Å².